The Kier molecular flexibility index (Phi) is 7.09. The number of hydrogen-bond acceptors (Lipinski definition) is 3. The lowest BCUT2D eigenvalue weighted by Crippen LogP contribution is -2.26. The molecule has 1 rings (SSSR count). The quantitative estimate of drug-likeness (QED) is 0.752. The molecular formula is C16H24O4. The van der Waals surface area contributed by atoms with Crippen molar-refractivity contribution in [1.82, 2.24) is 0 Å². The molecule has 1 aromatic carbocycles. The first-order chi connectivity index (χ1) is 9.58. The summed E-state index contributed by atoms with van der Waals surface area (Å²) >= 11 is 0. The Balaban J connectivity index is 2.43. The summed E-state index contributed by atoms with van der Waals surface area (Å²) in [5.41, 5.74) is 1.29. The lowest BCUT2D eigenvalue weighted by molar-refractivity contribution is -0.150. The first-order valence-corrected chi connectivity index (χ1v) is 7.15. The Morgan fingerprint density at radius 1 is 1.25 bits per heavy atom. The normalized spacial score (nSPS) is 13.8. The summed E-state index contributed by atoms with van der Waals surface area (Å²) in [6.45, 7) is 6.86. The van der Waals surface area contributed by atoms with Crippen LogP contribution in [0.4, 0.5) is 0 Å². The highest BCUT2D eigenvalue weighted by Gasteiger charge is 2.17. The molecule has 0 heterocycles. The topological polar surface area (TPSA) is 55.8 Å². The van der Waals surface area contributed by atoms with Gasteiger partial charge in [0.05, 0.1) is 6.61 Å². The van der Waals surface area contributed by atoms with Gasteiger partial charge < -0.3 is 14.6 Å². The highest BCUT2D eigenvalue weighted by atomic mass is 16.5. The summed E-state index contributed by atoms with van der Waals surface area (Å²) in [5, 5.41) is 8.95. The number of ether oxygens (including phenoxy) is 2. The average Bonchev–Trinajstić information content (AvgIpc) is 2.46. The number of carbonyl (C=O) groups is 1. The fourth-order valence-corrected chi connectivity index (χ4v) is 1.89. The van der Waals surface area contributed by atoms with Gasteiger partial charge >= 0.3 is 5.97 Å². The third kappa shape index (κ3) is 5.21. The van der Waals surface area contributed by atoms with Crippen LogP contribution < -0.4 is 4.74 Å². The van der Waals surface area contributed by atoms with Crippen LogP contribution in [0.3, 0.4) is 0 Å². The maximum atomic E-state index is 10.9. The molecule has 20 heavy (non-hydrogen) atoms. The van der Waals surface area contributed by atoms with Crippen molar-refractivity contribution in [3.63, 3.8) is 0 Å². The van der Waals surface area contributed by atoms with Crippen molar-refractivity contribution >= 4 is 5.97 Å². The predicted molar refractivity (Wildman–Crippen MR) is 78.3 cm³/mol. The van der Waals surface area contributed by atoms with E-state index in [-0.39, 0.29) is 0 Å². The summed E-state index contributed by atoms with van der Waals surface area (Å²) < 4.78 is 10.7. The van der Waals surface area contributed by atoms with Crippen molar-refractivity contribution in [2.45, 2.75) is 45.6 Å². The van der Waals surface area contributed by atoms with E-state index >= 15 is 0 Å². The fourth-order valence-electron chi connectivity index (χ4n) is 1.89. The van der Waals surface area contributed by atoms with Crippen LogP contribution in [0.15, 0.2) is 24.3 Å². The Bertz CT molecular complexity index is 399. The second kappa shape index (κ2) is 8.59. The second-order valence-corrected chi connectivity index (χ2v) is 4.80. The molecule has 0 aliphatic heterocycles. The van der Waals surface area contributed by atoms with Gasteiger partial charge in [-0.25, -0.2) is 4.79 Å². The molecule has 0 spiro atoms. The monoisotopic (exact) mass is 280 g/mol. The molecule has 112 valence electrons. The van der Waals surface area contributed by atoms with Crippen LogP contribution in [0.5, 0.6) is 5.75 Å². The third-order valence-electron chi connectivity index (χ3n) is 3.35. The Morgan fingerprint density at radius 2 is 1.90 bits per heavy atom. The van der Waals surface area contributed by atoms with Gasteiger partial charge in [-0.2, -0.15) is 0 Å². The lowest BCUT2D eigenvalue weighted by atomic mass is 9.99. The minimum Gasteiger partial charge on any atom is -0.493 e. The van der Waals surface area contributed by atoms with E-state index < -0.39 is 12.1 Å². The number of carboxylic acid groups (broad SMARTS) is 1. The van der Waals surface area contributed by atoms with Crippen LogP contribution in [-0.2, 0) is 9.53 Å². The Hall–Kier alpha value is -1.55. The van der Waals surface area contributed by atoms with E-state index in [2.05, 4.69) is 26.0 Å². The maximum absolute atomic E-state index is 10.9. The van der Waals surface area contributed by atoms with Crippen molar-refractivity contribution in [3.8, 4) is 5.75 Å². The predicted octanol–water partition coefficient (Wildman–Crippen LogP) is 3.46. The molecule has 0 aliphatic rings. The first-order valence-electron chi connectivity index (χ1n) is 7.15. The van der Waals surface area contributed by atoms with E-state index in [0.717, 1.165) is 12.2 Å². The molecule has 0 saturated carbocycles. The standard InChI is InChI=1S/C16H24O4/c1-4-12(3)13-6-8-14(9-7-13)20-11-10-15(16(17)18)19-5-2/h6-9,12,15H,4-5,10-11H2,1-3H3,(H,17,18). The second-order valence-electron chi connectivity index (χ2n) is 4.80. The van der Waals surface area contributed by atoms with E-state index in [0.29, 0.717) is 25.6 Å². The molecule has 0 radical (unpaired) electrons. The minimum absolute atomic E-state index is 0.333. The van der Waals surface area contributed by atoms with Gasteiger partial charge in [-0.1, -0.05) is 26.0 Å². The van der Waals surface area contributed by atoms with Crippen LogP contribution in [0.2, 0.25) is 0 Å². The number of aliphatic carboxylic acids is 1. The van der Waals surface area contributed by atoms with E-state index in [1.54, 1.807) is 6.92 Å². The Labute approximate surface area is 120 Å². The van der Waals surface area contributed by atoms with Crippen LogP contribution in [0.1, 0.15) is 45.1 Å². The van der Waals surface area contributed by atoms with Gasteiger partial charge in [-0.3, -0.25) is 0 Å². The van der Waals surface area contributed by atoms with Gasteiger partial charge in [0.1, 0.15) is 5.75 Å². The highest BCUT2D eigenvalue weighted by molar-refractivity contribution is 5.72. The molecule has 2 atom stereocenters. The zero-order chi connectivity index (χ0) is 15.0. The van der Waals surface area contributed by atoms with Gasteiger partial charge in [0.2, 0.25) is 0 Å². The zero-order valence-corrected chi connectivity index (χ0v) is 12.5. The first kappa shape index (κ1) is 16.5. The van der Waals surface area contributed by atoms with Gasteiger partial charge in [0.25, 0.3) is 0 Å². The molecule has 0 saturated heterocycles. The molecule has 0 fully saturated rings. The molecule has 4 nitrogen and oxygen atoms in total. The molecule has 0 amide bonds. The van der Waals surface area contributed by atoms with E-state index in [9.17, 15) is 4.79 Å². The molecule has 1 aromatic rings. The summed E-state index contributed by atoms with van der Waals surface area (Å²) in [6, 6.07) is 7.97. The number of benzene rings is 1. The number of rotatable bonds is 9. The Morgan fingerprint density at radius 3 is 2.40 bits per heavy atom. The maximum Gasteiger partial charge on any atom is 0.332 e. The van der Waals surface area contributed by atoms with E-state index in [4.69, 9.17) is 14.6 Å². The summed E-state index contributed by atoms with van der Waals surface area (Å²) in [4.78, 5) is 10.9. The van der Waals surface area contributed by atoms with Crippen LogP contribution >= 0.6 is 0 Å². The minimum atomic E-state index is -0.942. The van der Waals surface area contributed by atoms with Crippen molar-refractivity contribution in [3.05, 3.63) is 29.8 Å². The number of carboxylic acids is 1. The fraction of sp³-hybridized carbons (Fsp3) is 0.562. The van der Waals surface area contributed by atoms with E-state index in [1.807, 2.05) is 12.1 Å². The van der Waals surface area contributed by atoms with Crippen molar-refractivity contribution in [1.29, 1.82) is 0 Å². The van der Waals surface area contributed by atoms with Gasteiger partial charge in [0.15, 0.2) is 6.10 Å². The van der Waals surface area contributed by atoms with Crippen molar-refractivity contribution < 1.29 is 19.4 Å². The lowest BCUT2D eigenvalue weighted by Gasteiger charge is -2.14. The van der Waals surface area contributed by atoms with Crippen LogP contribution in [0.25, 0.3) is 0 Å². The number of hydrogen-bond donors (Lipinski definition) is 1. The largest absolute Gasteiger partial charge is 0.493 e. The molecule has 4 heteroatoms. The summed E-state index contributed by atoms with van der Waals surface area (Å²) in [7, 11) is 0. The molecule has 0 aliphatic carbocycles. The SMILES string of the molecule is CCOC(CCOc1ccc(C(C)CC)cc1)C(=O)O. The van der Waals surface area contributed by atoms with Crippen LogP contribution in [-0.4, -0.2) is 30.4 Å². The van der Waals surface area contributed by atoms with Crippen molar-refractivity contribution in [2.75, 3.05) is 13.2 Å². The van der Waals surface area contributed by atoms with Crippen molar-refractivity contribution in [2.24, 2.45) is 0 Å². The highest BCUT2D eigenvalue weighted by Crippen LogP contribution is 2.21. The summed E-state index contributed by atoms with van der Waals surface area (Å²) in [5.74, 6) is 0.360. The average molecular weight is 280 g/mol. The molecule has 0 bridgehead atoms. The van der Waals surface area contributed by atoms with Gasteiger partial charge in [0, 0.05) is 13.0 Å². The van der Waals surface area contributed by atoms with E-state index in [1.165, 1.54) is 5.56 Å². The smallest absolute Gasteiger partial charge is 0.332 e. The molecule has 0 aromatic heterocycles. The third-order valence-corrected chi connectivity index (χ3v) is 3.35. The molecular weight excluding hydrogens is 256 g/mol. The zero-order valence-electron chi connectivity index (χ0n) is 12.5. The van der Waals surface area contributed by atoms with Crippen LogP contribution in [0, 0.1) is 0 Å². The summed E-state index contributed by atoms with van der Waals surface area (Å²) in [6.07, 6.45) is 0.657. The molecule has 2 unspecified atom stereocenters. The molecule has 1 N–H and O–H groups in total. The van der Waals surface area contributed by atoms with Gasteiger partial charge in [-0.15, -0.1) is 0 Å². The van der Waals surface area contributed by atoms with Gasteiger partial charge in [-0.05, 0) is 37.0 Å².